The number of anilines is 3. The normalized spacial score (nSPS) is 15.0. The van der Waals surface area contributed by atoms with Gasteiger partial charge < -0.3 is 10.2 Å². The van der Waals surface area contributed by atoms with Crippen molar-refractivity contribution >= 4 is 17.3 Å². The van der Waals surface area contributed by atoms with Crippen molar-refractivity contribution in [2.24, 2.45) is 0 Å². The smallest absolute Gasteiger partial charge is 0.135 e. The first-order valence-corrected chi connectivity index (χ1v) is 7.64. The number of hydrogen-bond acceptors (Lipinski definition) is 4. The highest BCUT2D eigenvalue weighted by molar-refractivity contribution is 5.60. The molecule has 21 heavy (non-hydrogen) atoms. The fourth-order valence-corrected chi connectivity index (χ4v) is 2.68. The lowest BCUT2D eigenvalue weighted by atomic mass is 10.1. The second kappa shape index (κ2) is 6.12. The maximum atomic E-state index is 4.41. The third-order valence-electron chi connectivity index (χ3n) is 4.11. The van der Waals surface area contributed by atoms with Crippen LogP contribution in [0.3, 0.4) is 0 Å². The van der Waals surface area contributed by atoms with Crippen LogP contribution in [0, 0.1) is 13.8 Å². The van der Waals surface area contributed by atoms with Crippen molar-refractivity contribution in [2.75, 3.05) is 23.3 Å². The standard InChI is InChI=1S/C17H22N4/c1-13-6-7-15(10-14(13)2)20-16-11-17(19-12-18-16)21-8-4-3-5-9-21/h6-7,10-12H,3-5,8-9H2,1-2H3,(H,18,19,20). The predicted octanol–water partition coefficient (Wildman–Crippen LogP) is 3.83. The van der Waals surface area contributed by atoms with E-state index in [9.17, 15) is 0 Å². The molecule has 4 nitrogen and oxygen atoms in total. The zero-order chi connectivity index (χ0) is 14.7. The largest absolute Gasteiger partial charge is 0.356 e. The summed E-state index contributed by atoms with van der Waals surface area (Å²) in [6, 6.07) is 8.41. The van der Waals surface area contributed by atoms with E-state index in [1.54, 1.807) is 6.33 Å². The molecule has 0 atom stereocenters. The van der Waals surface area contributed by atoms with Gasteiger partial charge in [-0.15, -0.1) is 0 Å². The molecule has 1 aromatic carbocycles. The van der Waals surface area contributed by atoms with Crippen LogP contribution in [-0.4, -0.2) is 23.1 Å². The molecule has 0 aliphatic carbocycles. The number of piperidine rings is 1. The Morgan fingerprint density at radius 3 is 2.52 bits per heavy atom. The van der Waals surface area contributed by atoms with E-state index in [0.29, 0.717) is 0 Å². The highest BCUT2D eigenvalue weighted by Gasteiger charge is 2.12. The third-order valence-corrected chi connectivity index (χ3v) is 4.11. The van der Waals surface area contributed by atoms with E-state index in [-0.39, 0.29) is 0 Å². The van der Waals surface area contributed by atoms with Crippen molar-refractivity contribution in [1.82, 2.24) is 9.97 Å². The van der Waals surface area contributed by atoms with Gasteiger partial charge in [-0.25, -0.2) is 9.97 Å². The summed E-state index contributed by atoms with van der Waals surface area (Å²) in [4.78, 5) is 11.1. The molecule has 3 rings (SSSR count). The van der Waals surface area contributed by atoms with Gasteiger partial charge >= 0.3 is 0 Å². The van der Waals surface area contributed by atoms with Gasteiger partial charge in [-0.1, -0.05) is 6.07 Å². The molecule has 0 unspecified atom stereocenters. The van der Waals surface area contributed by atoms with Crippen molar-refractivity contribution in [3.8, 4) is 0 Å². The molecule has 0 saturated carbocycles. The number of nitrogens with zero attached hydrogens (tertiary/aromatic N) is 3. The molecular weight excluding hydrogens is 260 g/mol. The van der Waals surface area contributed by atoms with Crippen molar-refractivity contribution in [2.45, 2.75) is 33.1 Å². The molecular formula is C17H22N4. The Hall–Kier alpha value is -2.10. The SMILES string of the molecule is Cc1ccc(Nc2cc(N3CCCCC3)ncn2)cc1C. The zero-order valence-corrected chi connectivity index (χ0v) is 12.8. The van der Waals surface area contributed by atoms with Crippen LogP contribution in [0.25, 0.3) is 0 Å². The lowest BCUT2D eigenvalue weighted by Crippen LogP contribution is -2.30. The number of benzene rings is 1. The number of rotatable bonds is 3. The van der Waals surface area contributed by atoms with Gasteiger partial charge in [0.05, 0.1) is 0 Å². The quantitative estimate of drug-likeness (QED) is 0.929. The van der Waals surface area contributed by atoms with Crippen LogP contribution in [0.1, 0.15) is 30.4 Å². The summed E-state index contributed by atoms with van der Waals surface area (Å²) >= 11 is 0. The van der Waals surface area contributed by atoms with Gasteiger partial charge in [0.2, 0.25) is 0 Å². The minimum absolute atomic E-state index is 0.855. The van der Waals surface area contributed by atoms with Gasteiger partial charge in [-0.05, 0) is 56.4 Å². The van der Waals surface area contributed by atoms with E-state index in [2.05, 4.69) is 52.2 Å². The average molecular weight is 282 g/mol. The first-order chi connectivity index (χ1) is 10.2. The van der Waals surface area contributed by atoms with Crippen molar-refractivity contribution in [1.29, 1.82) is 0 Å². The molecule has 1 fully saturated rings. The van der Waals surface area contributed by atoms with Crippen LogP contribution >= 0.6 is 0 Å². The summed E-state index contributed by atoms with van der Waals surface area (Å²) in [7, 11) is 0. The van der Waals surface area contributed by atoms with E-state index in [4.69, 9.17) is 0 Å². The van der Waals surface area contributed by atoms with Gasteiger partial charge in [-0.2, -0.15) is 0 Å². The summed E-state index contributed by atoms with van der Waals surface area (Å²) in [6.45, 7) is 6.44. The maximum absolute atomic E-state index is 4.41. The monoisotopic (exact) mass is 282 g/mol. The molecule has 1 N–H and O–H groups in total. The first-order valence-electron chi connectivity index (χ1n) is 7.64. The van der Waals surface area contributed by atoms with Gasteiger partial charge in [0.15, 0.2) is 0 Å². The molecule has 2 aromatic rings. The molecule has 0 radical (unpaired) electrons. The molecule has 0 spiro atoms. The fraction of sp³-hybridized carbons (Fsp3) is 0.412. The van der Waals surface area contributed by atoms with E-state index in [1.807, 2.05) is 6.07 Å². The summed E-state index contributed by atoms with van der Waals surface area (Å²) in [6.07, 6.45) is 5.48. The molecule has 2 heterocycles. The van der Waals surface area contributed by atoms with Crippen molar-refractivity contribution in [3.05, 3.63) is 41.7 Å². The second-order valence-electron chi connectivity index (χ2n) is 5.73. The number of aromatic nitrogens is 2. The summed E-state index contributed by atoms with van der Waals surface area (Å²) in [5, 5.41) is 3.37. The molecule has 110 valence electrons. The minimum Gasteiger partial charge on any atom is -0.356 e. The molecule has 1 aromatic heterocycles. The van der Waals surface area contributed by atoms with Crippen LogP contribution in [-0.2, 0) is 0 Å². The van der Waals surface area contributed by atoms with Crippen LogP contribution in [0.4, 0.5) is 17.3 Å². The number of nitrogens with one attached hydrogen (secondary N) is 1. The van der Waals surface area contributed by atoms with Gasteiger partial charge in [0.25, 0.3) is 0 Å². The van der Waals surface area contributed by atoms with Crippen LogP contribution < -0.4 is 10.2 Å². The highest BCUT2D eigenvalue weighted by atomic mass is 15.2. The molecule has 1 saturated heterocycles. The maximum Gasteiger partial charge on any atom is 0.135 e. The van der Waals surface area contributed by atoms with Crippen molar-refractivity contribution < 1.29 is 0 Å². The second-order valence-corrected chi connectivity index (χ2v) is 5.73. The molecule has 1 aliphatic rings. The lowest BCUT2D eigenvalue weighted by Gasteiger charge is -2.27. The Bertz CT molecular complexity index is 618. The number of aryl methyl sites for hydroxylation is 2. The average Bonchev–Trinajstić information content (AvgIpc) is 2.52. The fourth-order valence-electron chi connectivity index (χ4n) is 2.68. The van der Waals surface area contributed by atoms with Crippen LogP contribution in [0.5, 0.6) is 0 Å². The molecule has 0 amide bonds. The van der Waals surface area contributed by atoms with Crippen molar-refractivity contribution in [3.63, 3.8) is 0 Å². The zero-order valence-electron chi connectivity index (χ0n) is 12.8. The summed E-state index contributed by atoms with van der Waals surface area (Å²) in [5.41, 5.74) is 3.66. The van der Waals surface area contributed by atoms with Gasteiger partial charge in [-0.3, -0.25) is 0 Å². The molecule has 0 bridgehead atoms. The Morgan fingerprint density at radius 2 is 1.76 bits per heavy atom. The summed E-state index contributed by atoms with van der Waals surface area (Å²) < 4.78 is 0. The van der Waals surface area contributed by atoms with Crippen LogP contribution in [0.15, 0.2) is 30.6 Å². The Balaban J connectivity index is 1.77. The Morgan fingerprint density at radius 1 is 0.952 bits per heavy atom. The predicted molar refractivity (Wildman–Crippen MR) is 87.3 cm³/mol. The van der Waals surface area contributed by atoms with Crippen LogP contribution in [0.2, 0.25) is 0 Å². The first kappa shape index (κ1) is 13.9. The molecule has 1 aliphatic heterocycles. The Labute approximate surface area is 126 Å². The van der Waals surface area contributed by atoms with E-state index in [1.165, 1.54) is 30.4 Å². The van der Waals surface area contributed by atoms with E-state index >= 15 is 0 Å². The lowest BCUT2D eigenvalue weighted by molar-refractivity contribution is 0.573. The van der Waals surface area contributed by atoms with E-state index in [0.717, 1.165) is 30.4 Å². The van der Waals surface area contributed by atoms with Gasteiger partial charge in [0.1, 0.15) is 18.0 Å². The third kappa shape index (κ3) is 3.32. The minimum atomic E-state index is 0.855. The highest BCUT2D eigenvalue weighted by Crippen LogP contribution is 2.22. The summed E-state index contributed by atoms with van der Waals surface area (Å²) in [5.74, 6) is 1.88. The van der Waals surface area contributed by atoms with E-state index < -0.39 is 0 Å². The van der Waals surface area contributed by atoms with Gasteiger partial charge in [0, 0.05) is 24.8 Å². The molecule has 4 heteroatoms. The topological polar surface area (TPSA) is 41.0 Å². The Kier molecular flexibility index (Phi) is 4.04. The number of hydrogen-bond donors (Lipinski definition) is 1.